The Morgan fingerprint density at radius 2 is 1.84 bits per heavy atom. The van der Waals surface area contributed by atoms with Crippen LogP contribution in [0.2, 0.25) is 0 Å². The summed E-state index contributed by atoms with van der Waals surface area (Å²) in [5.41, 5.74) is 0.173. The number of nitrogens with one attached hydrogen (secondary N) is 2. The Morgan fingerprint density at radius 1 is 1.16 bits per heavy atom. The smallest absolute Gasteiger partial charge is 0.338 e. The minimum Gasteiger partial charge on any atom is -0.459 e. The number of esters is 1. The molecule has 0 aliphatic carbocycles. The molecule has 0 saturated heterocycles. The van der Waals surface area contributed by atoms with Crippen LogP contribution in [0.25, 0.3) is 0 Å². The molecule has 0 aliphatic rings. The van der Waals surface area contributed by atoms with Crippen molar-refractivity contribution in [2.45, 2.75) is 44.6 Å². The fraction of sp³-hybridized carbons (Fsp3) is 0.364. The molecule has 32 heavy (non-hydrogen) atoms. The highest BCUT2D eigenvalue weighted by atomic mass is 32.2. The third kappa shape index (κ3) is 7.24. The number of ether oxygens (including phenoxy) is 2. The zero-order chi connectivity index (χ0) is 23.7. The van der Waals surface area contributed by atoms with Crippen molar-refractivity contribution >= 4 is 27.6 Å². The number of aliphatic hydroxyl groups excluding tert-OH is 1. The monoisotopic (exact) mass is 464 g/mol. The van der Waals surface area contributed by atoms with Crippen LogP contribution >= 0.6 is 0 Å². The van der Waals surface area contributed by atoms with E-state index in [1.54, 1.807) is 30.3 Å². The summed E-state index contributed by atoms with van der Waals surface area (Å²) in [6, 6.07) is 11.0. The summed E-state index contributed by atoms with van der Waals surface area (Å²) in [6.07, 6.45) is 0.786. The van der Waals surface area contributed by atoms with Gasteiger partial charge in [-0.05, 0) is 37.6 Å². The Kier molecular flexibility index (Phi) is 9.03. The molecule has 0 spiro atoms. The molecule has 0 aliphatic heterocycles. The summed E-state index contributed by atoms with van der Waals surface area (Å²) in [5.74, 6) is -1.31. The van der Waals surface area contributed by atoms with Crippen LogP contribution in [0.4, 0.5) is 5.69 Å². The minimum atomic E-state index is -4.37. The molecule has 1 amide bonds. The number of carbonyl (C=O) groups excluding carboxylic acids is 2. The van der Waals surface area contributed by atoms with Gasteiger partial charge in [0.1, 0.15) is 17.3 Å². The molecule has 0 fully saturated rings. The van der Waals surface area contributed by atoms with Gasteiger partial charge in [0.2, 0.25) is 5.91 Å². The Labute approximate surface area is 187 Å². The largest absolute Gasteiger partial charge is 0.459 e. The Bertz CT molecular complexity index is 1040. The highest BCUT2D eigenvalue weighted by Gasteiger charge is 2.27. The van der Waals surface area contributed by atoms with Gasteiger partial charge in [-0.25, -0.2) is 17.9 Å². The summed E-state index contributed by atoms with van der Waals surface area (Å²) in [4.78, 5) is 23.6. The first-order chi connectivity index (χ1) is 15.1. The van der Waals surface area contributed by atoms with Crippen molar-refractivity contribution in [2.24, 2.45) is 0 Å². The van der Waals surface area contributed by atoms with Crippen LogP contribution < -0.4 is 14.8 Å². The SMILES string of the molecule is CCCCNc1cc(C(=O)OCC(C)O)cc(S(=O)(=O)NC(C)=O)c1Oc1ccccc1. The van der Waals surface area contributed by atoms with E-state index in [1.807, 2.05) is 11.6 Å². The van der Waals surface area contributed by atoms with Crippen molar-refractivity contribution in [2.75, 3.05) is 18.5 Å². The van der Waals surface area contributed by atoms with Crippen LogP contribution in [0.15, 0.2) is 47.4 Å². The molecule has 0 bridgehead atoms. The van der Waals surface area contributed by atoms with E-state index < -0.39 is 32.9 Å². The zero-order valence-electron chi connectivity index (χ0n) is 18.3. The predicted molar refractivity (Wildman–Crippen MR) is 119 cm³/mol. The number of carbonyl (C=O) groups is 2. The third-order valence-corrected chi connectivity index (χ3v) is 5.56. The van der Waals surface area contributed by atoms with E-state index >= 15 is 0 Å². The topological polar surface area (TPSA) is 131 Å². The van der Waals surface area contributed by atoms with Gasteiger partial charge in [-0.2, -0.15) is 0 Å². The van der Waals surface area contributed by atoms with Crippen LogP contribution in [0.5, 0.6) is 11.5 Å². The number of aliphatic hydroxyl groups is 1. The van der Waals surface area contributed by atoms with Crippen LogP contribution in [-0.4, -0.2) is 44.7 Å². The molecule has 9 nitrogen and oxygen atoms in total. The number of para-hydroxylation sites is 1. The summed E-state index contributed by atoms with van der Waals surface area (Å²) >= 11 is 0. The maximum absolute atomic E-state index is 12.9. The van der Waals surface area contributed by atoms with Gasteiger partial charge in [0.25, 0.3) is 10.0 Å². The van der Waals surface area contributed by atoms with E-state index in [0.29, 0.717) is 12.3 Å². The Balaban J connectivity index is 2.64. The second kappa shape index (κ2) is 11.5. The molecular weight excluding hydrogens is 436 g/mol. The number of rotatable bonds is 11. The van der Waals surface area contributed by atoms with E-state index in [1.165, 1.54) is 13.0 Å². The van der Waals surface area contributed by atoms with E-state index in [4.69, 9.17) is 9.47 Å². The lowest BCUT2D eigenvalue weighted by atomic mass is 10.1. The molecule has 2 rings (SSSR count). The number of amides is 1. The van der Waals surface area contributed by atoms with Crippen LogP contribution in [0.3, 0.4) is 0 Å². The number of benzene rings is 2. The van der Waals surface area contributed by atoms with Crippen LogP contribution in [0, 0.1) is 0 Å². The van der Waals surface area contributed by atoms with E-state index in [0.717, 1.165) is 25.8 Å². The molecule has 1 atom stereocenters. The number of hydrogen-bond acceptors (Lipinski definition) is 8. The molecule has 2 aromatic rings. The van der Waals surface area contributed by atoms with E-state index in [9.17, 15) is 23.1 Å². The lowest BCUT2D eigenvalue weighted by molar-refractivity contribution is -0.117. The van der Waals surface area contributed by atoms with Gasteiger partial charge in [0, 0.05) is 13.5 Å². The van der Waals surface area contributed by atoms with Gasteiger partial charge in [0.15, 0.2) is 5.75 Å². The van der Waals surface area contributed by atoms with Crippen LogP contribution in [0.1, 0.15) is 44.0 Å². The fourth-order valence-corrected chi connectivity index (χ4v) is 3.85. The van der Waals surface area contributed by atoms with Crippen molar-refractivity contribution in [1.82, 2.24) is 4.72 Å². The average Bonchev–Trinajstić information content (AvgIpc) is 2.72. The normalized spacial score (nSPS) is 12.0. The molecule has 1 unspecified atom stereocenters. The van der Waals surface area contributed by atoms with Gasteiger partial charge in [-0.1, -0.05) is 31.5 Å². The second-order valence-electron chi connectivity index (χ2n) is 7.16. The first kappa shape index (κ1) is 25.2. The first-order valence-electron chi connectivity index (χ1n) is 10.2. The number of sulfonamides is 1. The molecule has 0 saturated carbocycles. The summed E-state index contributed by atoms with van der Waals surface area (Å²) in [7, 11) is -4.37. The predicted octanol–water partition coefficient (Wildman–Crippen LogP) is 3.05. The van der Waals surface area contributed by atoms with Gasteiger partial charge in [-0.15, -0.1) is 0 Å². The number of anilines is 1. The fourth-order valence-electron chi connectivity index (χ4n) is 2.69. The van der Waals surface area contributed by atoms with Gasteiger partial charge in [0.05, 0.1) is 17.4 Å². The van der Waals surface area contributed by atoms with E-state index in [-0.39, 0.29) is 23.6 Å². The van der Waals surface area contributed by atoms with Crippen molar-refractivity contribution in [1.29, 1.82) is 0 Å². The van der Waals surface area contributed by atoms with Crippen molar-refractivity contribution in [3.8, 4) is 11.5 Å². The second-order valence-corrected chi connectivity index (χ2v) is 8.81. The summed E-state index contributed by atoms with van der Waals surface area (Å²) in [5, 5.41) is 12.5. The molecular formula is C22H28N2O7S. The van der Waals surface area contributed by atoms with Crippen molar-refractivity contribution in [3.05, 3.63) is 48.0 Å². The average molecular weight is 465 g/mol. The van der Waals surface area contributed by atoms with Crippen molar-refractivity contribution in [3.63, 3.8) is 0 Å². The standard InChI is InChI=1S/C22H28N2O7S/c1-4-5-11-23-19-12-17(22(27)30-14-15(2)25)13-20(32(28,29)24-16(3)26)21(19)31-18-9-7-6-8-10-18/h6-10,12-13,15,23,25H,4-5,11,14H2,1-3H3,(H,24,26). The molecule has 0 aromatic heterocycles. The third-order valence-electron chi connectivity index (χ3n) is 4.12. The zero-order valence-corrected chi connectivity index (χ0v) is 19.1. The molecule has 174 valence electrons. The summed E-state index contributed by atoms with van der Waals surface area (Å²) in [6.45, 7) is 4.76. The maximum atomic E-state index is 12.9. The Morgan fingerprint density at radius 3 is 2.44 bits per heavy atom. The van der Waals surface area contributed by atoms with E-state index in [2.05, 4.69) is 5.32 Å². The molecule has 0 heterocycles. The number of hydrogen-bond donors (Lipinski definition) is 3. The summed E-state index contributed by atoms with van der Waals surface area (Å²) < 4.78 is 38.7. The lowest BCUT2D eigenvalue weighted by Crippen LogP contribution is -2.29. The number of unbranched alkanes of at least 4 members (excludes halogenated alkanes) is 1. The lowest BCUT2D eigenvalue weighted by Gasteiger charge is -2.19. The molecule has 10 heteroatoms. The highest BCUT2D eigenvalue weighted by Crippen LogP contribution is 2.38. The maximum Gasteiger partial charge on any atom is 0.338 e. The van der Waals surface area contributed by atoms with Gasteiger partial charge >= 0.3 is 5.97 Å². The Hall–Kier alpha value is -3.11. The first-order valence-corrected chi connectivity index (χ1v) is 11.7. The minimum absolute atomic E-state index is 0.0619. The van der Waals surface area contributed by atoms with Gasteiger partial charge in [-0.3, -0.25) is 4.79 Å². The van der Waals surface area contributed by atoms with Crippen LogP contribution in [-0.2, 0) is 19.6 Å². The molecule has 3 N–H and O–H groups in total. The van der Waals surface area contributed by atoms with Crippen molar-refractivity contribution < 1.29 is 32.6 Å². The van der Waals surface area contributed by atoms with Gasteiger partial charge < -0.3 is 19.9 Å². The quantitative estimate of drug-likeness (QED) is 0.342. The molecule has 0 radical (unpaired) electrons. The molecule has 2 aromatic carbocycles. The highest BCUT2D eigenvalue weighted by molar-refractivity contribution is 7.90.